The molecule has 1 N–H and O–H groups in total. The molecular formula is C18H17ClN2O6. The zero-order valence-electron chi connectivity index (χ0n) is 15.1. The number of rotatable bonds is 6. The summed E-state index contributed by atoms with van der Waals surface area (Å²) in [5.41, 5.74) is 0.723. The molecule has 1 atom stereocenters. The van der Waals surface area contributed by atoms with Gasteiger partial charge >= 0.3 is 5.97 Å². The van der Waals surface area contributed by atoms with Gasteiger partial charge in [0.2, 0.25) is 5.78 Å². The zero-order valence-corrected chi connectivity index (χ0v) is 15.8. The van der Waals surface area contributed by atoms with Crippen LogP contribution < -0.4 is 0 Å². The van der Waals surface area contributed by atoms with Crippen LogP contribution in [0.15, 0.2) is 18.2 Å². The number of aromatic nitrogens is 1. The molecule has 27 heavy (non-hydrogen) atoms. The number of carbonyl (C=O) groups excluding carboxylic acids is 3. The van der Waals surface area contributed by atoms with Crippen molar-refractivity contribution < 1.29 is 24.0 Å². The Balaban J connectivity index is 2.29. The van der Waals surface area contributed by atoms with E-state index in [2.05, 4.69) is 4.98 Å². The van der Waals surface area contributed by atoms with Crippen LogP contribution >= 0.6 is 11.6 Å². The Morgan fingerprint density at radius 1 is 1.26 bits per heavy atom. The zero-order chi connectivity index (χ0) is 20.5. The molecule has 0 aliphatic carbocycles. The highest BCUT2D eigenvalue weighted by molar-refractivity contribution is 6.31. The van der Waals surface area contributed by atoms with Crippen molar-refractivity contribution in [1.29, 1.82) is 0 Å². The minimum absolute atomic E-state index is 0.119. The van der Waals surface area contributed by atoms with Crippen molar-refractivity contribution in [1.82, 2.24) is 4.98 Å². The topological polar surface area (TPSA) is 119 Å². The number of Topliss-reactive ketones (excluding diaryl/α,β-unsaturated/α-hetero) is 2. The summed E-state index contributed by atoms with van der Waals surface area (Å²) in [7, 11) is 0. The number of benzene rings is 1. The Morgan fingerprint density at radius 3 is 2.41 bits per heavy atom. The Bertz CT molecular complexity index is 963. The summed E-state index contributed by atoms with van der Waals surface area (Å²) in [6, 6.07) is 3.47. The second kappa shape index (κ2) is 7.71. The molecule has 0 aliphatic rings. The number of halogens is 1. The lowest BCUT2D eigenvalue weighted by molar-refractivity contribution is -0.385. The summed E-state index contributed by atoms with van der Waals surface area (Å²) in [6.45, 7) is 6.01. The first-order valence-electron chi connectivity index (χ1n) is 7.93. The minimum Gasteiger partial charge on any atom is -0.450 e. The number of ketones is 2. The van der Waals surface area contributed by atoms with Crippen LogP contribution in [-0.4, -0.2) is 33.5 Å². The maximum atomic E-state index is 12.6. The highest BCUT2D eigenvalue weighted by atomic mass is 35.5. The first-order chi connectivity index (χ1) is 12.5. The lowest BCUT2D eigenvalue weighted by Crippen LogP contribution is -2.25. The van der Waals surface area contributed by atoms with E-state index in [0.717, 1.165) is 12.1 Å². The number of nitro groups is 1. The molecule has 1 aromatic carbocycles. The fourth-order valence-corrected chi connectivity index (χ4v) is 3.01. The van der Waals surface area contributed by atoms with Gasteiger partial charge in [-0.2, -0.15) is 0 Å². The molecule has 1 aromatic heterocycles. The van der Waals surface area contributed by atoms with E-state index in [1.165, 1.54) is 19.9 Å². The number of hydrogen-bond donors (Lipinski definition) is 1. The number of nitro benzene ring substituents is 1. The van der Waals surface area contributed by atoms with E-state index >= 15 is 0 Å². The molecular weight excluding hydrogens is 376 g/mol. The average molecular weight is 393 g/mol. The minimum atomic E-state index is -1.23. The molecule has 0 radical (unpaired) electrons. The molecule has 0 spiro atoms. The summed E-state index contributed by atoms with van der Waals surface area (Å²) in [4.78, 5) is 49.8. The highest BCUT2D eigenvalue weighted by Gasteiger charge is 2.29. The summed E-state index contributed by atoms with van der Waals surface area (Å²) in [5.74, 6) is -1.79. The van der Waals surface area contributed by atoms with Crippen molar-refractivity contribution in [2.24, 2.45) is 0 Å². The van der Waals surface area contributed by atoms with E-state index in [1.54, 1.807) is 13.8 Å². The fraction of sp³-hybridized carbons (Fsp3) is 0.278. The van der Waals surface area contributed by atoms with Crippen LogP contribution in [0.3, 0.4) is 0 Å². The fourth-order valence-electron chi connectivity index (χ4n) is 2.84. The lowest BCUT2D eigenvalue weighted by Gasteiger charge is -2.12. The van der Waals surface area contributed by atoms with E-state index in [9.17, 15) is 24.5 Å². The van der Waals surface area contributed by atoms with E-state index in [-0.39, 0.29) is 22.1 Å². The van der Waals surface area contributed by atoms with Crippen LogP contribution in [0.4, 0.5) is 5.69 Å². The van der Waals surface area contributed by atoms with E-state index in [1.807, 2.05) is 0 Å². The number of nitrogens with zero attached hydrogens (tertiary/aromatic N) is 1. The van der Waals surface area contributed by atoms with Crippen molar-refractivity contribution in [3.05, 3.63) is 61.4 Å². The molecule has 0 saturated carbocycles. The maximum absolute atomic E-state index is 12.6. The number of H-pyrrole nitrogens is 1. The van der Waals surface area contributed by atoms with Gasteiger partial charge in [0.25, 0.3) is 5.69 Å². The molecule has 0 saturated heterocycles. The quantitative estimate of drug-likeness (QED) is 0.345. The van der Waals surface area contributed by atoms with Crippen LogP contribution in [0.2, 0.25) is 5.02 Å². The summed E-state index contributed by atoms with van der Waals surface area (Å²) in [6.07, 6.45) is -1.23. The molecule has 8 nitrogen and oxygen atoms in total. The van der Waals surface area contributed by atoms with Gasteiger partial charge in [-0.15, -0.1) is 0 Å². The van der Waals surface area contributed by atoms with Gasteiger partial charge in [0.15, 0.2) is 11.9 Å². The maximum Gasteiger partial charge on any atom is 0.345 e. The third-order valence-electron chi connectivity index (χ3n) is 4.06. The molecule has 0 amide bonds. The Labute approximate surface area is 159 Å². The van der Waals surface area contributed by atoms with Gasteiger partial charge in [-0.1, -0.05) is 11.6 Å². The molecule has 0 fully saturated rings. The summed E-state index contributed by atoms with van der Waals surface area (Å²) >= 11 is 5.80. The van der Waals surface area contributed by atoms with Gasteiger partial charge in [0, 0.05) is 22.3 Å². The Hall–Kier alpha value is -3.00. The van der Waals surface area contributed by atoms with Crippen molar-refractivity contribution in [3.63, 3.8) is 0 Å². The number of nitrogens with one attached hydrogen (secondary N) is 1. The van der Waals surface area contributed by atoms with Gasteiger partial charge < -0.3 is 9.72 Å². The standard InChI is InChI=1S/C18H17ClN2O6/c1-8-15(10(3)22)9(2)20-16(8)17(23)11(4)27-18(24)13-7-12(19)5-6-14(13)21(25)26/h5-7,11,20H,1-4H3. The smallest absolute Gasteiger partial charge is 0.345 e. The van der Waals surface area contributed by atoms with Gasteiger partial charge in [-0.3, -0.25) is 19.7 Å². The number of hydrogen-bond acceptors (Lipinski definition) is 6. The van der Waals surface area contributed by atoms with Crippen LogP contribution in [0.25, 0.3) is 0 Å². The SMILES string of the molecule is CC(=O)c1c(C)[nH]c(C(=O)C(C)OC(=O)c2cc(Cl)ccc2[N+](=O)[O-])c1C. The van der Waals surface area contributed by atoms with Crippen molar-refractivity contribution in [2.75, 3.05) is 0 Å². The van der Waals surface area contributed by atoms with E-state index in [4.69, 9.17) is 16.3 Å². The predicted octanol–water partition coefficient (Wildman–Crippen LogP) is 3.82. The van der Waals surface area contributed by atoms with Crippen molar-refractivity contribution in [2.45, 2.75) is 33.8 Å². The number of esters is 1. The normalized spacial score (nSPS) is 11.7. The molecule has 2 rings (SSSR count). The van der Waals surface area contributed by atoms with Gasteiger partial charge in [-0.05, 0) is 45.4 Å². The number of aromatic amines is 1. The van der Waals surface area contributed by atoms with Crippen LogP contribution in [0.5, 0.6) is 0 Å². The Morgan fingerprint density at radius 2 is 1.89 bits per heavy atom. The number of carbonyl (C=O) groups is 3. The van der Waals surface area contributed by atoms with Crippen LogP contribution in [0.1, 0.15) is 56.3 Å². The monoisotopic (exact) mass is 392 g/mol. The van der Waals surface area contributed by atoms with Gasteiger partial charge in [0.1, 0.15) is 5.56 Å². The predicted molar refractivity (Wildman–Crippen MR) is 97.6 cm³/mol. The third kappa shape index (κ3) is 4.06. The first-order valence-corrected chi connectivity index (χ1v) is 8.31. The molecule has 9 heteroatoms. The number of ether oxygens (including phenoxy) is 1. The van der Waals surface area contributed by atoms with Crippen LogP contribution in [-0.2, 0) is 4.74 Å². The lowest BCUT2D eigenvalue weighted by atomic mass is 10.0. The molecule has 0 aliphatic heterocycles. The van der Waals surface area contributed by atoms with Crippen molar-refractivity contribution in [3.8, 4) is 0 Å². The van der Waals surface area contributed by atoms with E-state index < -0.39 is 28.5 Å². The molecule has 1 heterocycles. The second-order valence-electron chi connectivity index (χ2n) is 6.01. The Kier molecular flexibility index (Phi) is 5.80. The number of aryl methyl sites for hydroxylation is 1. The molecule has 142 valence electrons. The summed E-state index contributed by atoms with van der Waals surface area (Å²) < 4.78 is 5.11. The second-order valence-corrected chi connectivity index (χ2v) is 6.45. The van der Waals surface area contributed by atoms with Crippen molar-refractivity contribution >= 4 is 34.8 Å². The molecule has 1 unspecified atom stereocenters. The highest BCUT2D eigenvalue weighted by Crippen LogP contribution is 2.25. The van der Waals surface area contributed by atoms with Gasteiger partial charge in [-0.25, -0.2) is 4.79 Å². The average Bonchev–Trinajstić information content (AvgIpc) is 2.88. The van der Waals surface area contributed by atoms with E-state index in [0.29, 0.717) is 16.8 Å². The molecule has 2 aromatic rings. The summed E-state index contributed by atoms with van der Waals surface area (Å²) in [5, 5.41) is 11.2. The van der Waals surface area contributed by atoms with Crippen LogP contribution in [0, 0.1) is 24.0 Å². The molecule has 0 bridgehead atoms. The third-order valence-corrected chi connectivity index (χ3v) is 4.30. The largest absolute Gasteiger partial charge is 0.450 e. The first kappa shape index (κ1) is 20.3. The van der Waals surface area contributed by atoms with Gasteiger partial charge in [0.05, 0.1) is 10.6 Å².